The first-order valence-corrected chi connectivity index (χ1v) is 9.16. The van der Waals surface area contributed by atoms with Gasteiger partial charge in [0, 0.05) is 30.8 Å². The van der Waals surface area contributed by atoms with Gasteiger partial charge in [-0.25, -0.2) is 0 Å². The van der Waals surface area contributed by atoms with E-state index in [2.05, 4.69) is 5.32 Å². The maximum absolute atomic E-state index is 13.0. The molecule has 3 N–H and O–H groups in total. The molecule has 1 amide bonds. The maximum Gasteiger partial charge on any atom is 0.293 e. The van der Waals surface area contributed by atoms with Crippen LogP contribution in [0.15, 0.2) is 48.5 Å². The molecule has 1 aliphatic rings. The Bertz CT molecular complexity index is 806. The number of nitrogens with one attached hydrogen (secondary N) is 1. The van der Waals surface area contributed by atoms with Crippen molar-refractivity contribution >= 4 is 17.3 Å². The van der Waals surface area contributed by atoms with Gasteiger partial charge < -0.3 is 16.0 Å². The fourth-order valence-electron chi connectivity index (χ4n) is 2.91. The van der Waals surface area contributed by atoms with Crippen molar-refractivity contribution in [2.45, 2.75) is 31.8 Å². The second kappa shape index (κ2) is 8.64. The van der Waals surface area contributed by atoms with Crippen molar-refractivity contribution in [2.24, 2.45) is 5.73 Å². The van der Waals surface area contributed by atoms with E-state index in [4.69, 9.17) is 5.73 Å². The van der Waals surface area contributed by atoms with Crippen LogP contribution < -0.4 is 11.1 Å². The third-order valence-electron chi connectivity index (χ3n) is 4.51. The van der Waals surface area contributed by atoms with Crippen LogP contribution in [-0.4, -0.2) is 34.9 Å². The van der Waals surface area contributed by atoms with Crippen molar-refractivity contribution in [3.05, 3.63) is 69.8 Å². The summed E-state index contributed by atoms with van der Waals surface area (Å²) in [6.45, 7) is 1.42. The third-order valence-corrected chi connectivity index (χ3v) is 4.51. The molecule has 0 radical (unpaired) electrons. The molecule has 0 atom stereocenters. The number of anilines is 1. The molecule has 0 aromatic heterocycles. The minimum absolute atomic E-state index is 0.0637. The van der Waals surface area contributed by atoms with E-state index in [0.717, 1.165) is 18.4 Å². The van der Waals surface area contributed by atoms with Gasteiger partial charge >= 0.3 is 0 Å². The summed E-state index contributed by atoms with van der Waals surface area (Å²) in [5, 5.41) is 14.6. The van der Waals surface area contributed by atoms with Crippen molar-refractivity contribution in [1.82, 2.24) is 4.90 Å². The van der Waals surface area contributed by atoms with E-state index in [0.29, 0.717) is 43.3 Å². The summed E-state index contributed by atoms with van der Waals surface area (Å²) in [6, 6.07) is 14.6. The van der Waals surface area contributed by atoms with Gasteiger partial charge in [0.05, 0.1) is 4.92 Å². The number of nitro benzene ring substituents is 1. The quantitative estimate of drug-likeness (QED) is 0.523. The lowest BCUT2D eigenvalue weighted by molar-refractivity contribution is -0.384. The van der Waals surface area contributed by atoms with Crippen LogP contribution in [0.3, 0.4) is 0 Å². The standard InChI is InChI=1S/C20H24N4O3/c21-11-4-12-23(14-15-5-2-1-3-6-15)20(25)16-7-10-18(22-17-8-9-17)19(13-16)24(26)27/h1-3,5-7,10,13,17,22H,4,8-9,11-12,14,21H2. The van der Waals surface area contributed by atoms with E-state index < -0.39 is 4.92 Å². The Balaban J connectivity index is 1.83. The lowest BCUT2D eigenvalue weighted by atomic mass is 10.1. The summed E-state index contributed by atoms with van der Waals surface area (Å²) in [5.74, 6) is -0.228. The smallest absolute Gasteiger partial charge is 0.293 e. The van der Waals surface area contributed by atoms with Gasteiger partial charge in [0.25, 0.3) is 11.6 Å². The van der Waals surface area contributed by atoms with Gasteiger partial charge in [-0.2, -0.15) is 0 Å². The summed E-state index contributed by atoms with van der Waals surface area (Å²) < 4.78 is 0. The van der Waals surface area contributed by atoms with Gasteiger partial charge in [-0.3, -0.25) is 14.9 Å². The number of benzene rings is 2. The Morgan fingerprint density at radius 1 is 1.22 bits per heavy atom. The highest BCUT2D eigenvalue weighted by Crippen LogP contribution is 2.32. The summed E-state index contributed by atoms with van der Waals surface area (Å²) in [7, 11) is 0. The average Bonchev–Trinajstić information content (AvgIpc) is 3.49. The predicted octanol–water partition coefficient (Wildman–Crippen LogP) is 3.16. The van der Waals surface area contributed by atoms with Gasteiger partial charge in [0.2, 0.25) is 0 Å². The highest BCUT2D eigenvalue weighted by Gasteiger charge is 2.26. The number of carbonyl (C=O) groups excluding carboxylic acids is 1. The van der Waals surface area contributed by atoms with E-state index >= 15 is 0 Å². The minimum Gasteiger partial charge on any atom is -0.377 e. The van der Waals surface area contributed by atoms with Gasteiger partial charge in [0.15, 0.2) is 0 Å². The Hall–Kier alpha value is -2.93. The zero-order valence-electron chi connectivity index (χ0n) is 15.1. The van der Waals surface area contributed by atoms with E-state index in [1.807, 2.05) is 30.3 Å². The molecule has 0 aliphatic heterocycles. The average molecular weight is 368 g/mol. The van der Waals surface area contributed by atoms with Gasteiger partial charge in [0.1, 0.15) is 5.69 Å². The van der Waals surface area contributed by atoms with E-state index in [9.17, 15) is 14.9 Å². The van der Waals surface area contributed by atoms with Crippen molar-refractivity contribution < 1.29 is 9.72 Å². The molecule has 142 valence electrons. The molecule has 1 saturated carbocycles. The summed E-state index contributed by atoms with van der Waals surface area (Å²) >= 11 is 0. The van der Waals surface area contributed by atoms with E-state index in [-0.39, 0.29) is 11.6 Å². The predicted molar refractivity (Wildman–Crippen MR) is 105 cm³/mol. The van der Waals surface area contributed by atoms with Crippen LogP contribution >= 0.6 is 0 Å². The summed E-state index contributed by atoms with van der Waals surface area (Å²) in [4.78, 5) is 25.7. The summed E-state index contributed by atoms with van der Waals surface area (Å²) in [5.41, 5.74) is 7.33. The zero-order chi connectivity index (χ0) is 19.2. The first kappa shape index (κ1) is 18.8. The maximum atomic E-state index is 13.0. The highest BCUT2D eigenvalue weighted by molar-refractivity contribution is 5.95. The number of carbonyl (C=O) groups is 1. The zero-order valence-corrected chi connectivity index (χ0v) is 15.1. The van der Waals surface area contributed by atoms with Crippen LogP contribution in [0.1, 0.15) is 35.2 Å². The largest absolute Gasteiger partial charge is 0.377 e. The second-order valence-electron chi connectivity index (χ2n) is 6.76. The monoisotopic (exact) mass is 368 g/mol. The number of nitrogens with zero attached hydrogens (tertiary/aromatic N) is 2. The van der Waals surface area contributed by atoms with Crippen LogP contribution in [0.2, 0.25) is 0 Å². The lowest BCUT2D eigenvalue weighted by Gasteiger charge is -2.23. The Labute approximate surface area is 158 Å². The fourth-order valence-corrected chi connectivity index (χ4v) is 2.91. The van der Waals surface area contributed by atoms with Crippen LogP contribution in [-0.2, 0) is 6.54 Å². The van der Waals surface area contributed by atoms with Crippen LogP contribution in [0.4, 0.5) is 11.4 Å². The normalized spacial score (nSPS) is 13.2. The molecular formula is C20H24N4O3. The molecule has 2 aromatic carbocycles. The topological polar surface area (TPSA) is 102 Å². The first-order chi connectivity index (χ1) is 13.1. The SMILES string of the molecule is NCCCN(Cc1ccccc1)C(=O)c1ccc(NC2CC2)c([N+](=O)[O-])c1. The number of hydrogen-bond donors (Lipinski definition) is 2. The Kier molecular flexibility index (Phi) is 6.03. The van der Waals surface area contributed by atoms with Gasteiger partial charge in [-0.15, -0.1) is 0 Å². The molecule has 27 heavy (non-hydrogen) atoms. The first-order valence-electron chi connectivity index (χ1n) is 9.16. The molecule has 0 bridgehead atoms. The second-order valence-corrected chi connectivity index (χ2v) is 6.76. The van der Waals surface area contributed by atoms with Crippen molar-refractivity contribution in [3.8, 4) is 0 Å². The molecule has 1 aliphatic carbocycles. The Morgan fingerprint density at radius 2 is 1.96 bits per heavy atom. The fraction of sp³-hybridized carbons (Fsp3) is 0.350. The molecule has 3 rings (SSSR count). The van der Waals surface area contributed by atoms with Crippen LogP contribution in [0.25, 0.3) is 0 Å². The molecule has 0 spiro atoms. The molecule has 0 saturated heterocycles. The molecule has 2 aromatic rings. The molecule has 0 heterocycles. The number of nitro groups is 1. The summed E-state index contributed by atoms with van der Waals surface area (Å²) in [6.07, 6.45) is 2.70. The molecule has 7 nitrogen and oxygen atoms in total. The molecule has 0 unspecified atom stereocenters. The van der Waals surface area contributed by atoms with E-state index in [1.165, 1.54) is 6.07 Å². The minimum atomic E-state index is -0.442. The highest BCUT2D eigenvalue weighted by atomic mass is 16.6. The third kappa shape index (κ3) is 5.04. The molecule has 1 fully saturated rings. The number of amides is 1. The Morgan fingerprint density at radius 3 is 2.59 bits per heavy atom. The number of hydrogen-bond acceptors (Lipinski definition) is 5. The number of rotatable bonds is 9. The van der Waals surface area contributed by atoms with Crippen LogP contribution in [0.5, 0.6) is 0 Å². The van der Waals surface area contributed by atoms with E-state index in [1.54, 1.807) is 17.0 Å². The van der Waals surface area contributed by atoms with Crippen molar-refractivity contribution in [3.63, 3.8) is 0 Å². The van der Waals surface area contributed by atoms with Crippen molar-refractivity contribution in [1.29, 1.82) is 0 Å². The number of nitrogens with two attached hydrogens (primary N) is 1. The van der Waals surface area contributed by atoms with Crippen LogP contribution in [0, 0.1) is 10.1 Å². The van der Waals surface area contributed by atoms with Gasteiger partial charge in [-0.05, 0) is 43.5 Å². The molecule has 7 heteroatoms. The lowest BCUT2D eigenvalue weighted by Crippen LogP contribution is -2.32. The van der Waals surface area contributed by atoms with Crippen molar-refractivity contribution in [2.75, 3.05) is 18.4 Å². The van der Waals surface area contributed by atoms with Gasteiger partial charge in [-0.1, -0.05) is 30.3 Å². The molecular weight excluding hydrogens is 344 g/mol.